The third-order valence-corrected chi connectivity index (χ3v) is 15.6. The van der Waals surface area contributed by atoms with E-state index in [4.69, 9.17) is 9.42 Å². The van der Waals surface area contributed by atoms with E-state index in [2.05, 4.69) is 50.6 Å². The van der Waals surface area contributed by atoms with Crippen molar-refractivity contribution >= 4 is 36.2 Å². The number of nitrogens with zero attached hydrogens (tertiary/aromatic N) is 2. The predicted octanol–water partition coefficient (Wildman–Crippen LogP) is 5.35. The number of carbonyl (C=O) groups excluding carboxylic acids is 1. The maximum atomic E-state index is 13.2. The Morgan fingerprint density at radius 2 is 1.85 bits per heavy atom. The summed E-state index contributed by atoms with van der Waals surface area (Å²) in [5.41, 5.74) is 2.25. The van der Waals surface area contributed by atoms with Crippen LogP contribution in [0, 0.1) is 12.8 Å². The van der Waals surface area contributed by atoms with E-state index in [1.54, 1.807) is 6.08 Å². The van der Waals surface area contributed by atoms with Gasteiger partial charge in [0.2, 0.25) is 10.0 Å². The molecule has 1 spiro atoms. The summed E-state index contributed by atoms with van der Waals surface area (Å²) in [5.74, 6) is 1.11. The normalized spacial score (nSPS) is 21.0. The number of amides is 1. The Labute approximate surface area is 248 Å². The third-order valence-electron chi connectivity index (χ3n) is 9.53. The number of rotatable bonds is 10. The van der Waals surface area contributed by atoms with Crippen molar-refractivity contribution in [2.24, 2.45) is 10.9 Å². The molecule has 228 valence electrons. The first-order valence-corrected chi connectivity index (χ1v) is 19.7. The van der Waals surface area contributed by atoms with Gasteiger partial charge in [0, 0.05) is 44.1 Å². The molecule has 0 bridgehead atoms. The minimum atomic E-state index is -3.60. The maximum absolute atomic E-state index is 13.2. The number of aryl methyl sites for hydroxylation is 1. The molecule has 2 heterocycles. The zero-order valence-corrected chi connectivity index (χ0v) is 27.7. The van der Waals surface area contributed by atoms with E-state index in [0.29, 0.717) is 38.5 Å². The fourth-order valence-corrected chi connectivity index (χ4v) is 7.90. The highest BCUT2D eigenvalue weighted by Gasteiger charge is 2.48. The summed E-state index contributed by atoms with van der Waals surface area (Å²) in [6.07, 6.45) is 8.27. The molecule has 8 nitrogen and oxygen atoms in total. The van der Waals surface area contributed by atoms with E-state index in [0.717, 1.165) is 48.5 Å². The molecule has 4 rings (SSSR count). The molecule has 1 aromatic carbocycles. The summed E-state index contributed by atoms with van der Waals surface area (Å²) in [6, 6.07) is 6.10. The molecule has 0 atom stereocenters. The Morgan fingerprint density at radius 1 is 1.17 bits per heavy atom. The molecule has 3 aliphatic rings. The number of aliphatic imine (C=N–C) groups is 1. The van der Waals surface area contributed by atoms with E-state index in [1.807, 2.05) is 19.1 Å². The van der Waals surface area contributed by atoms with Crippen molar-refractivity contribution in [3.8, 4) is 0 Å². The highest BCUT2D eigenvalue weighted by Crippen LogP contribution is 2.37. The van der Waals surface area contributed by atoms with Crippen molar-refractivity contribution in [3.63, 3.8) is 0 Å². The lowest BCUT2D eigenvalue weighted by atomic mass is 9.88. The van der Waals surface area contributed by atoms with Crippen LogP contribution < -0.4 is 10.6 Å². The number of hydrogen-bond acceptors (Lipinski definition) is 6. The van der Waals surface area contributed by atoms with E-state index in [1.165, 1.54) is 29.0 Å². The number of nitrogens with one attached hydrogen (secondary N) is 2. The summed E-state index contributed by atoms with van der Waals surface area (Å²) in [7, 11) is -5.33. The van der Waals surface area contributed by atoms with Gasteiger partial charge in [-0.25, -0.2) is 8.42 Å². The van der Waals surface area contributed by atoms with Crippen LogP contribution in [0.2, 0.25) is 18.1 Å². The molecule has 1 saturated carbocycles. The van der Waals surface area contributed by atoms with Gasteiger partial charge in [0.15, 0.2) is 8.32 Å². The van der Waals surface area contributed by atoms with Gasteiger partial charge in [-0.15, -0.1) is 0 Å². The van der Waals surface area contributed by atoms with Crippen LogP contribution in [-0.4, -0.2) is 64.6 Å². The monoisotopic (exact) mass is 602 g/mol. The number of amidine groups is 1. The molecular formula is C31H50N4O4SSi. The second kappa shape index (κ2) is 12.8. The molecule has 10 heteroatoms. The van der Waals surface area contributed by atoms with Crippen molar-refractivity contribution in [2.45, 2.75) is 103 Å². The van der Waals surface area contributed by atoms with E-state index >= 15 is 0 Å². The fraction of sp³-hybridized carbons (Fsp3) is 0.677. The van der Waals surface area contributed by atoms with Gasteiger partial charge in [0.05, 0.1) is 0 Å². The summed E-state index contributed by atoms with van der Waals surface area (Å²) in [6.45, 7) is 16.1. The fourth-order valence-electron chi connectivity index (χ4n) is 5.67. The van der Waals surface area contributed by atoms with Crippen LogP contribution in [0.15, 0.2) is 28.6 Å². The average Bonchev–Trinajstić information content (AvgIpc) is 3.23. The van der Waals surface area contributed by atoms with Gasteiger partial charge in [-0.3, -0.25) is 9.79 Å². The zero-order valence-electron chi connectivity index (χ0n) is 25.9. The Balaban J connectivity index is 1.28. The van der Waals surface area contributed by atoms with Crippen LogP contribution >= 0.6 is 0 Å². The Hall–Kier alpha value is -1.85. The second-order valence-electron chi connectivity index (χ2n) is 13.5. The lowest BCUT2D eigenvalue weighted by molar-refractivity contribution is -0.125. The molecule has 1 saturated heterocycles. The number of piperidine rings is 1. The van der Waals surface area contributed by atoms with Crippen LogP contribution in [0.5, 0.6) is 0 Å². The number of sulfonamides is 1. The van der Waals surface area contributed by atoms with Crippen molar-refractivity contribution in [1.29, 1.82) is 0 Å². The smallest absolute Gasteiger partial charge is 0.253 e. The quantitative estimate of drug-likeness (QED) is 0.278. The van der Waals surface area contributed by atoms with Gasteiger partial charge in [-0.1, -0.05) is 58.2 Å². The van der Waals surface area contributed by atoms with Crippen LogP contribution in [0.25, 0.3) is 6.08 Å². The summed E-state index contributed by atoms with van der Waals surface area (Å²) in [4.78, 5) is 17.8. The standard InChI is InChI=1S/C31H50N4O4SSi/c1-24-22-25(23-32-17-20-39-41(5,6)30(2,3)4)12-13-26(24)14-21-40(37,38)35-18-15-31(16-19-35)29(36)33-28(34-31)27-10-8-7-9-11-27/h12-14,21-22,27,32H,7-11,15-20,23H2,1-6H3,(H,33,34,36)/b21-14+. The van der Waals surface area contributed by atoms with Crippen molar-refractivity contribution in [2.75, 3.05) is 26.2 Å². The minimum Gasteiger partial charge on any atom is -0.416 e. The molecule has 1 aromatic rings. The highest BCUT2D eigenvalue weighted by molar-refractivity contribution is 7.92. The van der Waals surface area contributed by atoms with E-state index < -0.39 is 23.9 Å². The lowest BCUT2D eigenvalue weighted by Crippen LogP contribution is -2.50. The van der Waals surface area contributed by atoms with Gasteiger partial charge in [0.25, 0.3) is 5.91 Å². The van der Waals surface area contributed by atoms with Gasteiger partial charge in [-0.05, 0) is 73.5 Å². The van der Waals surface area contributed by atoms with Crippen LogP contribution in [0.3, 0.4) is 0 Å². The lowest BCUT2D eigenvalue weighted by Gasteiger charge is -2.36. The topological polar surface area (TPSA) is 100 Å². The second-order valence-corrected chi connectivity index (χ2v) is 20.2. The first kappa shape index (κ1) is 32.1. The first-order valence-electron chi connectivity index (χ1n) is 15.3. The van der Waals surface area contributed by atoms with Crippen molar-refractivity contribution in [3.05, 3.63) is 40.3 Å². The zero-order chi connectivity index (χ0) is 29.9. The van der Waals surface area contributed by atoms with E-state index in [9.17, 15) is 13.2 Å². The van der Waals surface area contributed by atoms with Crippen molar-refractivity contribution in [1.82, 2.24) is 14.9 Å². The van der Waals surface area contributed by atoms with E-state index in [-0.39, 0.29) is 10.9 Å². The van der Waals surface area contributed by atoms with Gasteiger partial charge >= 0.3 is 0 Å². The molecular weight excluding hydrogens is 553 g/mol. The van der Waals surface area contributed by atoms with Crippen LogP contribution in [0.4, 0.5) is 0 Å². The number of carbonyl (C=O) groups is 1. The molecule has 0 radical (unpaired) electrons. The molecule has 1 aliphatic carbocycles. The first-order chi connectivity index (χ1) is 19.2. The molecule has 2 fully saturated rings. The molecule has 41 heavy (non-hydrogen) atoms. The molecule has 2 N–H and O–H groups in total. The molecule has 0 unspecified atom stereocenters. The largest absolute Gasteiger partial charge is 0.416 e. The van der Waals surface area contributed by atoms with Gasteiger partial charge in [0.1, 0.15) is 11.4 Å². The van der Waals surface area contributed by atoms with Gasteiger partial charge in [-0.2, -0.15) is 4.31 Å². The molecule has 1 amide bonds. The maximum Gasteiger partial charge on any atom is 0.253 e. The average molecular weight is 603 g/mol. The van der Waals surface area contributed by atoms with Crippen LogP contribution in [0.1, 0.15) is 82.4 Å². The third kappa shape index (κ3) is 7.76. The Morgan fingerprint density at radius 3 is 2.49 bits per heavy atom. The number of benzene rings is 1. The summed E-state index contributed by atoms with van der Waals surface area (Å²) >= 11 is 0. The minimum absolute atomic E-state index is 0.0565. The molecule has 0 aromatic heterocycles. The highest BCUT2D eigenvalue weighted by atomic mass is 32.2. The SMILES string of the molecule is Cc1cc(CNCCO[Si](C)(C)C(C)(C)C)ccc1/C=C/S(=O)(=O)N1CCC2(CC1)N=C(C1CCCCC1)NC2=O. The van der Waals surface area contributed by atoms with Gasteiger partial charge < -0.3 is 15.1 Å². The summed E-state index contributed by atoms with van der Waals surface area (Å²) in [5, 5.41) is 8.01. The predicted molar refractivity (Wildman–Crippen MR) is 170 cm³/mol. The Kier molecular flexibility index (Phi) is 10.0. The number of hydrogen-bond donors (Lipinski definition) is 2. The van der Waals surface area contributed by atoms with Crippen LogP contribution in [-0.2, 0) is 25.8 Å². The van der Waals surface area contributed by atoms with Crippen molar-refractivity contribution < 1.29 is 17.6 Å². The Bertz CT molecular complexity index is 1260. The molecule has 2 aliphatic heterocycles. The summed E-state index contributed by atoms with van der Waals surface area (Å²) < 4.78 is 34.0.